The van der Waals surface area contributed by atoms with E-state index in [4.69, 9.17) is 4.74 Å². The Kier molecular flexibility index (Phi) is 4.11. The second kappa shape index (κ2) is 5.98. The molecule has 0 radical (unpaired) electrons. The monoisotopic (exact) mass is 263 g/mol. The lowest BCUT2D eigenvalue weighted by Crippen LogP contribution is -2.25. The fraction of sp³-hybridized carbons (Fsp3) is 0.600. The van der Waals surface area contributed by atoms with E-state index in [-0.39, 0.29) is 0 Å². The molecule has 0 spiro atoms. The van der Waals surface area contributed by atoms with Crippen LogP contribution in [0.3, 0.4) is 0 Å². The van der Waals surface area contributed by atoms with Gasteiger partial charge in [-0.15, -0.1) is 0 Å². The molecule has 2 aliphatic heterocycles. The molecule has 0 atom stereocenters. The zero-order chi connectivity index (χ0) is 12.2. The lowest BCUT2D eigenvalue weighted by molar-refractivity contribution is 0.357. The van der Waals surface area contributed by atoms with Crippen LogP contribution in [0.4, 0.5) is 0 Å². The standard InChI is InChI=1S/C15H21NOS/c1-2-15-14(3-6-17-15)9-13(1)11-16-10-12-4-7-18-8-5-12/h1-2,9,12,16H,3-8,10-11H2. The Labute approximate surface area is 113 Å². The van der Waals surface area contributed by atoms with Gasteiger partial charge in [-0.2, -0.15) is 11.8 Å². The predicted molar refractivity (Wildman–Crippen MR) is 77.4 cm³/mol. The highest BCUT2D eigenvalue weighted by molar-refractivity contribution is 7.99. The molecule has 1 N–H and O–H groups in total. The Balaban J connectivity index is 1.48. The summed E-state index contributed by atoms with van der Waals surface area (Å²) in [6.45, 7) is 3.02. The first-order chi connectivity index (χ1) is 8.92. The molecule has 3 heteroatoms. The molecule has 0 bridgehead atoms. The van der Waals surface area contributed by atoms with Gasteiger partial charge in [0, 0.05) is 13.0 Å². The summed E-state index contributed by atoms with van der Waals surface area (Å²) in [6.07, 6.45) is 3.84. The highest BCUT2D eigenvalue weighted by atomic mass is 32.2. The van der Waals surface area contributed by atoms with Gasteiger partial charge in [0.25, 0.3) is 0 Å². The van der Waals surface area contributed by atoms with Crippen molar-refractivity contribution in [3.63, 3.8) is 0 Å². The van der Waals surface area contributed by atoms with Crippen LogP contribution >= 0.6 is 11.8 Å². The molecule has 1 aromatic carbocycles. The lowest BCUT2D eigenvalue weighted by Gasteiger charge is -2.21. The molecule has 1 fully saturated rings. The number of hydrogen-bond donors (Lipinski definition) is 1. The zero-order valence-corrected chi connectivity index (χ0v) is 11.6. The number of rotatable bonds is 4. The van der Waals surface area contributed by atoms with Crippen molar-refractivity contribution in [2.45, 2.75) is 25.8 Å². The first kappa shape index (κ1) is 12.4. The molecule has 3 rings (SSSR count). The number of fused-ring (bicyclic) bond motifs is 1. The Morgan fingerprint density at radius 1 is 1.28 bits per heavy atom. The van der Waals surface area contributed by atoms with Crippen LogP contribution in [0, 0.1) is 5.92 Å². The second-order valence-electron chi connectivity index (χ2n) is 5.23. The van der Waals surface area contributed by atoms with Gasteiger partial charge in [-0.3, -0.25) is 0 Å². The second-order valence-corrected chi connectivity index (χ2v) is 6.45. The topological polar surface area (TPSA) is 21.3 Å². The highest BCUT2D eigenvalue weighted by Crippen LogP contribution is 2.26. The van der Waals surface area contributed by atoms with Gasteiger partial charge in [-0.05, 0) is 54.0 Å². The SMILES string of the molecule is c1cc2c(cc1CNCC1CCSCC1)CCO2. The largest absolute Gasteiger partial charge is 0.493 e. The van der Waals surface area contributed by atoms with Crippen LogP contribution in [-0.4, -0.2) is 24.7 Å². The third-order valence-electron chi connectivity index (χ3n) is 3.86. The molecule has 0 amide bonds. The summed E-state index contributed by atoms with van der Waals surface area (Å²) in [4.78, 5) is 0. The van der Waals surface area contributed by atoms with E-state index in [0.717, 1.165) is 31.2 Å². The summed E-state index contributed by atoms with van der Waals surface area (Å²) < 4.78 is 5.53. The van der Waals surface area contributed by atoms with Crippen LogP contribution in [0.15, 0.2) is 18.2 Å². The molecule has 1 aromatic rings. The highest BCUT2D eigenvalue weighted by Gasteiger charge is 2.14. The zero-order valence-electron chi connectivity index (χ0n) is 10.8. The Morgan fingerprint density at radius 2 is 2.17 bits per heavy atom. The van der Waals surface area contributed by atoms with Crippen molar-refractivity contribution in [3.05, 3.63) is 29.3 Å². The minimum Gasteiger partial charge on any atom is -0.493 e. The summed E-state index contributed by atoms with van der Waals surface area (Å²) in [5, 5.41) is 3.61. The molecule has 2 nitrogen and oxygen atoms in total. The summed E-state index contributed by atoms with van der Waals surface area (Å²) in [6, 6.07) is 6.61. The van der Waals surface area contributed by atoms with E-state index in [1.54, 1.807) is 0 Å². The van der Waals surface area contributed by atoms with Crippen molar-refractivity contribution in [2.24, 2.45) is 5.92 Å². The van der Waals surface area contributed by atoms with E-state index in [1.165, 1.54) is 42.0 Å². The van der Waals surface area contributed by atoms with E-state index in [0.29, 0.717) is 0 Å². The maximum absolute atomic E-state index is 5.53. The minimum atomic E-state index is 0.853. The third-order valence-corrected chi connectivity index (χ3v) is 4.91. The molecule has 2 aliphatic rings. The van der Waals surface area contributed by atoms with Gasteiger partial charge >= 0.3 is 0 Å². The van der Waals surface area contributed by atoms with Crippen LogP contribution in [0.2, 0.25) is 0 Å². The normalized spacial score (nSPS) is 19.6. The average molecular weight is 263 g/mol. The van der Waals surface area contributed by atoms with Crippen molar-refractivity contribution < 1.29 is 4.74 Å². The molecular weight excluding hydrogens is 242 g/mol. The molecular formula is C15H21NOS. The summed E-state index contributed by atoms with van der Waals surface area (Å²) >= 11 is 2.10. The number of ether oxygens (including phenoxy) is 1. The summed E-state index contributed by atoms with van der Waals surface area (Å²) in [5.74, 6) is 4.68. The van der Waals surface area contributed by atoms with E-state index < -0.39 is 0 Å². The van der Waals surface area contributed by atoms with E-state index in [1.807, 2.05) is 0 Å². The van der Waals surface area contributed by atoms with Crippen molar-refractivity contribution in [3.8, 4) is 5.75 Å². The molecule has 0 saturated carbocycles. The summed E-state index contributed by atoms with van der Waals surface area (Å²) in [5.41, 5.74) is 2.77. The van der Waals surface area contributed by atoms with Gasteiger partial charge in [0.2, 0.25) is 0 Å². The molecule has 0 aliphatic carbocycles. The third kappa shape index (κ3) is 3.01. The van der Waals surface area contributed by atoms with Gasteiger partial charge in [0.1, 0.15) is 5.75 Å². The molecule has 0 unspecified atom stereocenters. The van der Waals surface area contributed by atoms with Crippen LogP contribution < -0.4 is 10.1 Å². The molecule has 18 heavy (non-hydrogen) atoms. The number of nitrogens with one attached hydrogen (secondary N) is 1. The van der Waals surface area contributed by atoms with Crippen molar-refractivity contribution >= 4 is 11.8 Å². The lowest BCUT2D eigenvalue weighted by atomic mass is 10.0. The maximum atomic E-state index is 5.53. The fourth-order valence-electron chi connectivity index (χ4n) is 2.72. The van der Waals surface area contributed by atoms with Gasteiger partial charge in [0.05, 0.1) is 6.61 Å². The van der Waals surface area contributed by atoms with Gasteiger partial charge in [0.15, 0.2) is 0 Å². The first-order valence-corrected chi connectivity index (χ1v) is 8.10. The number of benzene rings is 1. The van der Waals surface area contributed by atoms with Crippen LogP contribution in [0.25, 0.3) is 0 Å². The fourth-order valence-corrected chi connectivity index (χ4v) is 3.93. The number of thioether (sulfide) groups is 1. The molecule has 98 valence electrons. The average Bonchev–Trinajstić information content (AvgIpc) is 2.87. The molecule has 1 saturated heterocycles. The Morgan fingerprint density at radius 3 is 3.06 bits per heavy atom. The molecule has 2 heterocycles. The molecule has 0 aromatic heterocycles. The summed E-state index contributed by atoms with van der Waals surface area (Å²) in [7, 11) is 0. The quantitative estimate of drug-likeness (QED) is 0.902. The minimum absolute atomic E-state index is 0.853. The smallest absolute Gasteiger partial charge is 0.122 e. The predicted octanol–water partition coefficient (Wildman–Crippen LogP) is 2.85. The number of hydrogen-bond acceptors (Lipinski definition) is 3. The van der Waals surface area contributed by atoms with E-state index in [9.17, 15) is 0 Å². The van der Waals surface area contributed by atoms with Crippen LogP contribution in [-0.2, 0) is 13.0 Å². The first-order valence-electron chi connectivity index (χ1n) is 6.95. The maximum Gasteiger partial charge on any atom is 0.122 e. The van der Waals surface area contributed by atoms with Crippen molar-refractivity contribution in [1.82, 2.24) is 5.32 Å². The van der Waals surface area contributed by atoms with Crippen LogP contribution in [0.5, 0.6) is 5.75 Å². The Bertz CT molecular complexity index is 401. The van der Waals surface area contributed by atoms with Crippen LogP contribution in [0.1, 0.15) is 24.0 Å². The van der Waals surface area contributed by atoms with Gasteiger partial charge in [-0.25, -0.2) is 0 Å². The van der Waals surface area contributed by atoms with Gasteiger partial charge in [-0.1, -0.05) is 12.1 Å². The van der Waals surface area contributed by atoms with E-state index in [2.05, 4.69) is 35.3 Å². The van der Waals surface area contributed by atoms with Crippen molar-refractivity contribution in [1.29, 1.82) is 0 Å². The van der Waals surface area contributed by atoms with E-state index >= 15 is 0 Å². The van der Waals surface area contributed by atoms with Crippen molar-refractivity contribution in [2.75, 3.05) is 24.7 Å². The van der Waals surface area contributed by atoms with Gasteiger partial charge < -0.3 is 10.1 Å². The Hall–Kier alpha value is -0.670.